The van der Waals surface area contributed by atoms with E-state index in [4.69, 9.17) is 9.47 Å². The summed E-state index contributed by atoms with van der Waals surface area (Å²) in [7, 11) is 1.72. The van der Waals surface area contributed by atoms with Gasteiger partial charge in [-0.1, -0.05) is 36.4 Å². The van der Waals surface area contributed by atoms with Crippen molar-refractivity contribution in [2.45, 2.75) is 33.5 Å². The molecular weight excluding hydrogens is 357 g/mol. The monoisotopic (exact) mass is 387 g/mol. The predicted molar refractivity (Wildman–Crippen MR) is 111 cm³/mol. The molecule has 0 saturated heterocycles. The molecule has 2 rings (SSSR count). The lowest BCUT2D eigenvalue weighted by Crippen LogP contribution is -2.36. The standard InChI is InChI=1S/C22H30FN3O2/c1-4-27-10-11-28-16-20-7-5-6-18(12-20)14-25-22(24-3)26-15-19-9-8-17(2)21(23)13-19/h5-9,12-13H,4,10-11,14-16H2,1-3H3,(H2,24,25,26). The first-order valence-electron chi connectivity index (χ1n) is 9.55. The van der Waals surface area contributed by atoms with Crippen molar-refractivity contribution in [1.29, 1.82) is 0 Å². The third kappa shape index (κ3) is 7.66. The Morgan fingerprint density at radius 3 is 2.32 bits per heavy atom. The zero-order chi connectivity index (χ0) is 20.2. The zero-order valence-corrected chi connectivity index (χ0v) is 16.9. The third-order valence-electron chi connectivity index (χ3n) is 4.22. The summed E-state index contributed by atoms with van der Waals surface area (Å²) in [6.07, 6.45) is 0. The van der Waals surface area contributed by atoms with E-state index in [0.717, 1.165) is 16.7 Å². The lowest BCUT2D eigenvalue weighted by atomic mass is 10.1. The number of hydrogen-bond acceptors (Lipinski definition) is 3. The van der Waals surface area contributed by atoms with Crippen LogP contribution < -0.4 is 10.6 Å². The van der Waals surface area contributed by atoms with Gasteiger partial charge in [-0.05, 0) is 42.2 Å². The molecule has 2 N–H and O–H groups in total. The van der Waals surface area contributed by atoms with E-state index < -0.39 is 0 Å². The van der Waals surface area contributed by atoms with Crippen LogP contribution in [-0.2, 0) is 29.2 Å². The van der Waals surface area contributed by atoms with Gasteiger partial charge in [-0.3, -0.25) is 4.99 Å². The summed E-state index contributed by atoms with van der Waals surface area (Å²) in [5, 5.41) is 6.48. The van der Waals surface area contributed by atoms with Crippen molar-refractivity contribution in [3.63, 3.8) is 0 Å². The quantitative estimate of drug-likeness (QED) is 0.372. The van der Waals surface area contributed by atoms with Crippen LogP contribution in [0.5, 0.6) is 0 Å². The molecule has 0 aliphatic rings. The maximum absolute atomic E-state index is 13.7. The third-order valence-corrected chi connectivity index (χ3v) is 4.22. The number of nitrogens with one attached hydrogen (secondary N) is 2. The number of halogens is 1. The number of hydrogen-bond donors (Lipinski definition) is 2. The van der Waals surface area contributed by atoms with Gasteiger partial charge < -0.3 is 20.1 Å². The maximum atomic E-state index is 13.7. The van der Waals surface area contributed by atoms with Gasteiger partial charge in [-0.25, -0.2) is 4.39 Å². The molecule has 2 aromatic rings. The Morgan fingerprint density at radius 1 is 0.964 bits per heavy atom. The van der Waals surface area contributed by atoms with Crippen molar-refractivity contribution >= 4 is 5.96 Å². The molecule has 0 aromatic heterocycles. The Bertz CT molecular complexity index is 765. The van der Waals surface area contributed by atoms with E-state index in [9.17, 15) is 4.39 Å². The average Bonchev–Trinajstić information content (AvgIpc) is 2.71. The summed E-state index contributed by atoms with van der Waals surface area (Å²) in [5.74, 6) is 0.474. The van der Waals surface area contributed by atoms with E-state index in [-0.39, 0.29) is 5.82 Å². The van der Waals surface area contributed by atoms with Crippen LogP contribution >= 0.6 is 0 Å². The summed E-state index contributed by atoms with van der Waals surface area (Å²) in [6.45, 7) is 7.34. The van der Waals surface area contributed by atoms with E-state index in [2.05, 4.69) is 27.8 Å². The Morgan fingerprint density at radius 2 is 1.64 bits per heavy atom. The second kappa shape index (κ2) is 12.1. The molecule has 6 heteroatoms. The molecule has 5 nitrogen and oxygen atoms in total. The number of nitrogens with zero attached hydrogens (tertiary/aromatic N) is 1. The van der Waals surface area contributed by atoms with Gasteiger partial charge in [0.05, 0.1) is 19.8 Å². The summed E-state index contributed by atoms with van der Waals surface area (Å²) < 4.78 is 24.5. The number of benzene rings is 2. The van der Waals surface area contributed by atoms with Gasteiger partial charge in [0, 0.05) is 26.7 Å². The Labute approximate surface area is 167 Å². The van der Waals surface area contributed by atoms with Crippen LogP contribution in [-0.4, -0.2) is 32.8 Å². The Kier molecular flexibility index (Phi) is 9.45. The van der Waals surface area contributed by atoms with Gasteiger partial charge in [0.25, 0.3) is 0 Å². The molecule has 2 aromatic carbocycles. The van der Waals surface area contributed by atoms with Crippen LogP contribution in [0.2, 0.25) is 0 Å². The normalized spacial score (nSPS) is 11.5. The highest BCUT2D eigenvalue weighted by atomic mass is 19.1. The van der Waals surface area contributed by atoms with Crippen molar-refractivity contribution in [2.24, 2.45) is 4.99 Å². The number of aryl methyl sites for hydroxylation is 1. The first kappa shape index (κ1) is 21.9. The van der Waals surface area contributed by atoms with Crippen molar-refractivity contribution in [3.8, 4) is 0 Å². The van der Waals surface area contributed by atoms with E-state index in [0.29, 0.717) is 51.0 Å². The van der Waals surface area contributed by atoms with E-state index in [1.54, 1.807) is 26.1 Å². The van der Waals surface area contributed by atoms with Gasteiger partial charge in [0.2, 0.25) is 0 Å². The van der Waals surface area contributed by atoms with Gasteiger partial charge in [-0.2, -0.15) is 0 Å². The molecule has 0 unspecified atom stereocenters. The Hall–Kier alpha value is -2.44. The van der Waals surface area contributed by atoms with Crippen molar-refractivity contribution in [2.75, 3.05) is 26.9 Å². The lowest BCUT2D eigenvalue weighted by molar-refractivity contribution is 0.0453. The molecule has 0 atom stereocenters. The van der Waals surface area contributed by atoms with Crippen LogP contribution in [0, 0.1) is 12.7 Å². The van der Waals surface area contributed by atoms with E-state index in [1.807, 2.05) is 25.1 Å². The van der Waals surface area contributed by atoms with Crippen molar-refractivity contribution < 1.29 is 13.9 Å². The molecule has 0 fully saturated rings. The van der Waals surface area contributed by atoms with Gasteiger partial charge >= 0.3 is 0 Å². The van der Waals surface area contributed by atoms with Crippen molar-refractivity contribution in [3.05, 3.63) is 70.5 Å². The molecule has 0 saturated carbocycles. The van der Waals surface area contributed by atoms with Crippen molar-refractivity contribution in [1.82, 2.24) is 10.6 Å². The van der Waals surface area contributed by atoms with Crippen LogP contribution in [0.15, 0.2) is 47.5 Å². The summed E-state index contributed by atoms with van der Waals surface area (Å²) in [5.41, 5.74) is 3.77. The van der Waals surface area contributed by atoms with Gasteiger partial charge in [-0.15, -0.1) is 0 Å². The molecule has 0 spiro atoms. The van der Waals surface area contributed by atoms with Crippen LogP contribution in [0.3, 0.4) is 0 Å². The highest BCUT2D eigenvalue weighted by molar-refractivity contribution is 5.79. The minimum atomic E-state index is -0.192. The molecule has 152 valence electrons. The smallest absolute Gasteiger partial charge is 0.191 e. The molecule has 0 amide bonds. The molecule has 0 aliphatic carbocycles. The fourth-order valence-corrected chi connectivity index (χ4v) is 2.62. The van der Waals surface area contributed by atoms with Crippen LogP contribution in [0.4, 0.5) is 4.39 Å². The topological polar surface area (TPSA) is 54.9 Å². The van der Waals surface area contributed by atoms with Gasteiger partial charge in [0.1, 0.15) is 5.82 Å². The predicted octanol–water partition coefficient (Wildman–Crippen LogP) is 3.55. The van der Waals surface area contributed by atoms with Gasteiger partial charge in [0.15, 0.2) is 5.96 Å². The number of ether oxygens (including phenoxy) is 2. The Balaban J connectivity index is 1.79. The first-order chi connectivity index (χ1) is 13.6. The summed E-state index contributed by atoms with van der Waals surface area (Å²) >= 11 is 0. The van der Waals surface area contributed by atoms with Crippen LogP contribution in [0.1, 0.15) is 29.2 Å². The van der Waals surface area contributed by atoms with E-state index >= 15 is 0 Å². The fourth-order valence-electron chi connectivity index (χ4n) is 2.62. The van der Waals surface area contributed by atoms with E-state index in [1.165, 1.54) is 0 Å². The largest absolute Gasteiger partial charge is 0.379 e. The minimum Gasteiger partial charge on any atom is -0.379 e. The number of aliphatic imine (C=N–C) groups is 1. The molecule has 0 bridgehead atoms. The zero-order valence-electron chi connectivity index (χ0n) is 16.9. The second-order valence-corrected chi connectivity index (χ2v) is 6.43. The average molecular weight is 387 g/mol. The SMILES string of the molecule is CCOCCOCc1cccc(CNC(=NC)NCc2ccc(C)c(F)c2)c1. The minimum absolute atomic E-state index is 0.192. The highest BCUT2D eigenvalue weighted by Crippen LogP contribution is 2.09. The molecule has 28 heavy (non-hydrogen) atoms. The highest BCUT2D eigenvalue weighted by Gasteiger charge is 2.03. The first-order valence-corrected chi connectivity index (χ1v) is 9.55. The molecule has 0 aliphatic heterocycles. The summed E-state index contributed by atoms with van der Waals surface area (Å²) in [6, 6.07) is 13.5. The fraction of sp³-hybridized carbons (Fsp3) is 0.409. The number of rotatable bonds is 10. The number of guanidine groups is 1. The molecular formula is C22H30FN3O2. The summed E-state index contributed by atoms with van der Waals surface area (Å²) in [4.78, 5) is 4.22. The lowest BCUT2D eigenvalue weighted by Gasteiger charge is -2.13. The second-order valence-electron chi connectivity index (χ2n) is 6.43. The maximum Gasteiger partial charge on any atom is 0.191 e. The molecule has 0 heterocycles. The van der Waals surface area contributed by atoms with Crippen LogP contribution in [0.25, 0.3) is 0 Å². The molecule has 0 radical (unpaired) electrons.